The first kappa shape index (κ1) is 14.4. The molecule has 0 aliphatic heterocycles. The molecule has 0 saturated carbocycles. The Kier molecular flexibility index (Phi) is 5.85. The van der Waals surface area contributed by atoms with Crippen LogP contribution in [0.5, 0.6) is 0 Å². The lowest BCUT2D eigenvalue weighted by Gasteiger charge is -2.07. The van der Waals surface area contributed by atoms with Crippen LogP contribution in [0.4, 0.5) is 0 Å². The van der Waals surface area contributed by atoms with Crippen molar-refractivity contribution in [2.75, 3.05) is 18.1 Å². The maximum Gasteiger partial charge on any atom is 0.252 e. The molecule has 0 saturated heterocycles. The summed E-state index contributed by atoms with van der Waals surface area (Å²) in [6.07, 6.45) is 0. The third-order valence-electron chi connectivity index (χ3n) is 2.31. The largest absolute Gasteiger partial charge is 0.351 e. The van der Waals surface area contributed by atoms with Gasteiger partial charge >= 0.3 is 0 Å². The van der Waals surface area contributed by atoms with E-state index in [1.165, 1.54) is 0 Å². The number of benzene rings is 1. The van der Waals surface area contributed by atoms with E-state index in [1.54, 1.807) is 6.07 Å². The van der Waals surface area contributed by atoms with Gasteiger partial charge in [-0.1, -0.05) is 13.0 Å². The first-order valence-corrected chi connectivity index (χ1v) is 7.72. The van der Waals surface area contributed by atoms with Gasteiger partial charge in [0.2, 0.25) is 0 Å². The fraction of sp³-hybridized carbons (Fsp3) is 0.417. The van der Waals surface area contributed by atoms with Crippen LogP contribution in [-0.4, -0.2) is 28.2 Å². The van der Waals surface area contributed by atoms with E-state index in [2.05, 4.69) is 21.2 Å². The zero-order valence-corrected chi connectivity index (χ0v) is 12.4. The van der Waals surface area contributed by atoms with Crippen molar-refractivity contribution >= 4 is 32.6 Å². The molecule has 0 spiro atoms. The summed E-state index contributed by atoms with van der Waals surface area (Å²) >= 11 is 3.36. The second-order valence-electron chi connectivity index (χ2n) is 3.67. The first-order chi connectivity index (χ1) is 8.04. The Morgan fingerprint density at radius 2 is 2.18 bits per heavy atom. The van der Waals surface area contributed by atoms with Crippen molar-refractivity contribution in [1.29, 1.82) is 0 Å². The van der Waals surface area contributed by atoms with Gasteiger partial charge in [0.1, 0.15) is 0 Å². The Bertz CT molecular complexity index is 435. The van der Waals surface area contributed by atoms with Gasteiger partial charge in [0, 0.05) is 33.3 Å². The number of hydrogen-bond donors (Lipinski definition) is 1. The van der Waals surface area contributed by atoms with Crippen molar-refractivity contribution in [3.8, 4) is 0 Å². The SMILES string of the molecule is CCS(=O)CCNC(=O)c1ccc(C)cc1Br. The van der Waals surface area contributed by atoms with Crippen LogP contribution in [0.1, 0.15) is 22.8 Å². The summed E-state index contributed by atoms with van der Waals surface area (Å²) in [6, 6.07) is 5.58. The first-order valence-electron chi connectivity index (χ1n) is 5.44. The van der Waals surface area contributed by atoms with Gasteiger partial charge in [-0.2, -0.15) is 0 Å². The molecule has 0 fully saturated rings. The number of carbonyl (C=O) groups is 1. The predicted octanol–water partition coefficient (Wildman–Crippen LogP) is 2.26. The molecule has 5 heteroatoms. The average molecular weight is 318 g/mol. The molecule has 0 aliphatic carbocycles. The standard InChI is InChI=1S/C12H16BrNO2S/c1-3-17(16)7-6-14-12(15)10-5-4-9(2)8-11(10)13/h4-5,8H,3,6-7H2,1-2H3,(H,14,15). The molecule has 1 aromatic rings. The van der Waals surface area contributed by atoms with Crippen LogP contribution < -0.4 is 5.32 Å². The van der Waals surface area contributed by atoms with Crippen molar-refractivity contribution in [3.63, 3.8) is 0 Å². The number of amides is 1. The highest BCUT2D eigenvalue weighted by molar-refractivity contribution is 9.10. The van der Waals surface area contributed by atoms with E-state index in [0.29, 0.717) is 23.6 Å². The molecule has 3 nitrogen and oxygen atoms in total. The number of rotatable bonds is 5. The molecule has 1 amide bonds. The zero-order valence-electron chi connectivity index (χ0n) is 9.96. The summed E-state index contributed by atoms with van der Waals surface area (Å²) in [7, 11) is -0.835. The Hall–Kier alpha value is -0.680. The maximum atomic E-state index is 11.8. The van der Waals surface area contributed by atoms with Crippen LogP contribution in [-0.2, 0) is 10.8 Å². The lowest BCUT2D eigenvalue weighted by Crippen LogP contribution is -2.28. The molecular weight excluding hydrogens is 302 g/mol. The normalized spacial score (nSPS) is 12.2. The van der Waals surface area contributed by atoms with Crippen LogP contribution >= 0.6 is 15.9 Å². The topological polar surface area (TPSA) is 46.2 Å². The van der Waals surface area contributed by atoms with E-state index < -0.39 is 10.8 Å². The predicted molar refractivity (Wildman–Crippen MR) is 74.8 cm³/mol. The Morgan fingerprint density at radius 1 is 1.47 bits per heavy atom. The highest BCUT2D eigenvalue weighted by atomic mass is 79.9. The molecule has 0 radical (unpaired) electrons. The molecule has 1 unspecified atom stereocenters. The van der Waals surface area contributed by atoms with E-state index in [1.807, 2.05) is 26.0 Å². The number of nitrogens with one attached hydrogen (secondary N) is 1. The highest BCUT2D eigenvalue weighted by Crippen LogP contribution is 2.17. The molecule has 0 aromatic heterocycles. The zero-order chi connectivity index (χ0) is 12.8. The van der Waals surface area contributed by atoms with Crippen LogP contribution in [0.2, 0.25) is 0 Å². The average Bonchev–Trinajstić information content (AvgIpc) is 2.28. The van der Waals surface area contributed by atoms with Gasteiger partial charge in [-0.15, -0.1) is 0 Å². The van der Waals surface area contributed by atoms with E-state index in [4.69, 9.17) is 0 Å². The van der Waals surface area contributed by atoms with Gasteiger partial charge in [0.25, 0.3) is 5.91 Å². The van der Waals surface area contributed by atoms with Crippen LogP contribution in [0, 0.1) is 6.92 Å². The summed E-state index contributed by atoms with van der Waals surface area (Å²) in [5, 5.41) is 2.76. The van der Waals surface area contributed by atoms with E-state index in [-0.39, 0.29) is 5.91 Å². The molecular formula is C12H16BrNO2S. The molecule has 94 valence electrons. The second kappa shape index (κ2) is 6.91. The number of aryl methyl sites for hydroxylation is 1. The fourth-order valence-electron chi connectivity index (χ4n) is 1.32. The third kappa shape index (κ3) is 4.60. The Balaban J connectivity index is 2.55. The van der Waals surface area contributed by atoms with Gasteiger partial charge in [0.05, 0.1) is 5.56 Å². The number of carbonyl (C=O) groups excluding carboxylic acids is 1. The van der Waals surface area contributed by atoms with E-state index in [9.17, 15) is 9.00 Å². The molecule has 1 aromatic carbocycles. The van der Waals surface area contributed by atoms with Crippen LogP contribution in [0.15, 0.2) is 22.7 Å². The van der Waals surface area contributed by atoms with Crippen molar-refractivity contribution in [2.45, 2.75) is 13.8 Å². The van der Waals surface area contributed by atoms with E-state index in [0.717, 1.165) is 10.0 Å². The highest BCUT2D eigenvalue weighted by Gasteiger charge is 2.09. The molecule has 0 bridgehead atoms. The molecule has 1 rings (SSSR count). The smallest absolute Gasteiger partial charge is 0.252 e. The number of halogens is 1. The summed E-state index contributed by atoms with van der Waals surface area (Å²) in [6.45, 7) is 4.28. The van der Waals surface area contributed by atoms with Gasteiger partial charge in [0.15, 0.2) is 0 Å². The third-order valence-corrected chi connectivity index (χ3v) is 4.27. The minimum atomic E-state index is -0.835. The summed E-state index contributed by atoms with van der Waals surface area (Å²) < 4.78 is 12.0. The molecule has 0 heterocycles. The quantitative estimate of drug-likeness (QED) is 0.905. The lowest BCUT2D eigenvalue weighted by molar-refractivity contribution is 0.0955. The number of hydrogen-bond acceptors (Lipinski definition) is 2. The van der Waals surface area contributed by atoms with Gasteiger partial charge in [-0.3, -0.25) is 9.00 Å². The van der Waals surface area contributed by atoms with Crippen molar-refractivity contribution < 1.29 is 9.00 Å². The molecule has 17 heavy (non-hydrogen) atoms. The minimum absolute atomic E-state index is 0.134. The van der Waals surface area contributed by atoms with Crippen LogP contribution in [0.3, 0.4) is 0 Å². The van der Waals surface area contributed by atoms with Gasteiger partial charge in [-0.05, 0) is 40.5 Å². The molecule has 1 N–H and O–H groups in total. The minimum Gasteiger partial charge on any atom is -0.351 e. The summed E-state index contributed by atoms with van der Waals surface area (Å²) in [4.78, 5) is 11.8. The summed E-state index contributed by atoms with van der Waals surface area (Å²) in [5.41, 5.74) is 1.71. The van der Waals surface area contributed by atoms with Crippen molar-refractivity contribution in [3.05, 3.63) is 33.8 Å². The molecule has 1 atom stereocenters. The monoisotopic (exact) mass is 317 g/mol. The summed E-state index contributed by atoms with van der Waals surface area (Å²) in [5.74, 6) is 1.00. The Labute approximate surface area is 113 Å². The molecule has 0 aliphatic rings. The second-order valence-corrected chi connectivity index (χ2v) is 6.39. The Morgan fingerprint density at radius 3 is 2.76 bits per heavy atom. The van der Waals surface area contributed by atoms with E-state index >= 15 is 0 Å². The van der Waals surface area contributed by atoms with Crippen LogP contribution in [0.25, 0.3) is 0 Å². The van der Waals surface area contributed by atoms with Gasteiger partial charge < -0.3 is 5.32 Å². The van der Waals surface area contributed by atoms with Crippen molar-refractivity contribution in [1.82, 2.24) is 5.32 Å². The van der Waals surface area contributed by atoms with Crippen molar-refractivity contribution in [2.24, 2.45) is 0 Å². The lowest BCUT2D eigenvalue weighted by atomic mass is 10.1. The fourth-order valence-corrected chi connectivity index (χ4v) is 2.61. The maximum absolute atomic E-state index is 11.8. The van der Waals surface area contributed by atoms with Gasteiger partial charge in [-0.25, -0.2) is 0 Å².